The van der Waals surface area contributed by atoms with Crippen LogP contribution in [0.5, 0.6) is 0 Å². The quantitative estimate of drug-likeness (QED) is 0.834. The maximum absolute atomic E-state index is 9.18. The van der Waals surface area contributed by atoms with Gasteiger partial charge in [-0.3, -0.25) is 0 Å². The second-order valence-corrected chi connectivity index (χ2v) is 4.37. The first-order valence-corrected chi connectivity index (χ1v) is 6.02. The Morgan fingerprint density at radius 1 is 1.44 bits per heavy atom. The van der Waals surface area contributed by atoms with Gasteiger partial charge in [-0.1, -0.05) is 6.92 Å². The highest BCUT2D eigenvalue weighted by Crippen LogP contribution is 2.20. The lowest BCUT2D eigenvalue weighted by Crippen LogP contribution is -2.37. The topological polar surface area (TPSA) is 49.2 Å². The molecule has 1 aromatic heterocycles. The number of aliphatic hydroxyl groups excluding tert-OH is 1. The summed E-state index contributed by atoms with van der Waals surface area (Å²) in [6, 6.07) is 4.07. The number of nitrogens with zero attached hydrogens (tertiary/aromatic N) is 3. The molecule has 1 atom stereocenters. The maximum atomic E-state index is 9.18. The Labute approximate surface area is 96.3 Å². The predicted octanol–water partition coefficient (Wildman–Crippen LogP) is 1.25. The lowest BCUT2D eigenvalue weighted by atomic mass is 9.99. The second-order valence-electron chi connectivity index (χ2n) is 4.37. The van der Waals surface area contributed by atoms with Crippen LogP contribution in [0.4, 0.5) is 5.82 Å². The molecule has 88 valence electrons. The zero-order valence-corrected chi connectivity index (χ0v) is 9.76. The van der Waals surface area contributed by atoms with Crippen molar-refractivity contribution in [2.24, 2.45) is 5.92 Å². The van der Waals surface area contributed by atoms with Crippen LogP contribution in [0.1, 0.15) is 25.5 Å². The molecule has 4 nitrogen and oxygen atoms in total. The van der Waals surface area contributed by atoms with Crippen molar-refractivity contribution in [3.05, 3.63) is 17.8 Å². The Morgan fingerprint density at radius 3 is 2.94 bits per heavy atom. The van der Waals surface area contributed by atoms with Crippen molar-refractivity contribution in [2.75, 3.05) is 24.6 Å². The molecule has 0 spiro atoms. The Hall–Kier alpha value is -1.16. The normalized spacial score (nSPS) is 21.1. The molecule has 2 heterocycles. The summed E-state index contributed by atoms with van der Waals surface area (Å²) in [4.78, 5) is 2.22. The Balaban J connectivity index is 2.05. The summed E-state index contributed by atoms with van der Waals surface area (Å²) >= 11 is 0. The van der Waals surface area contributed by atoms with Crippen molar-refractivity contribution < 1.29 is 5.11 Å². The molecule has 1 aliphatic heterocycles. The first-order chi connectivity index (χ1) is 7.83. The predicted molar refractivity (Wildman–Crippen MR) is 63.4 cm³/mol. The summed E-state index contributed by atoms with van der Waals surface area (Å²) in [5, 5.41) is 17.6. The SMILES string of the molecule is CCc1ccc(N2CCCC(CO)C2)nn1. The first kappa shape index (κ1) is 11.3. The molecule has 0 aromatic carbocycles. The molecule has 1 aliphatic rings. The molecule has 1 unspecified atom stereocenters. The summed E-state index contributed by atoms with van der Waals surface area (Å²) in [7, 11) is 0. The third-order valence-electron chi connectivity index (χ3n) is 3.17. The van der Waals surface area contributed by atoms with E-state index >= 15 is 0 Å². The Bertz CT molecular complexity index is 326. The smallest absolute Gasteiger partial charge is 0.151 e. The van der Waals surface area contributed by atoms with Gasteiger partial charge >= 0.3 is 0 Å². The van der Waals surface area contributed by atoms with E-state index in [4.69, 9.17) is 0 Å². The standard InChI is InChI=1S/C12H19N3O/c1-2-11-5-6-12(14-13-11)15-7-3-4-10(8-15)9-16/h5-6,10,16H,2-4,7-9H2,1H3. The number of anilines is 1. The zero-order valence-electron chi connectivity index (χ0n) is 9.76. The number of hydrogen-bond acceptors (Lipinski definition) is 4. The van der Waals surface area contributed by atoms with Crippen LogP contribution in [0.15, 0.2) is 12.1 Å². The average Bonchev–Trinajstić information content (AvgIpc) is 2.39. The minimum absolute atomic E-state index is 0.275. The molecule has 2 rings (SSSR count). The van der Waals surface area contributed by atoms with Crippen LogP contribution in [0.3, 0.4) is 0 Å². The van der Waals surface area contributed by atoms with E-state index < -0.39 is 0 Å². The van der Waals surface area contributed by atoms with Gasteiger partial charge < -0.3 is 10.0 Å². The number of rotatable bonds is 3. The monoisotopic (exact) mass is 221 g/mol. The van der Waals surface area contributed by atoms with Gasteiger partial charge in [0.2, 0.25) is 0 Å². The summed E-state index contributed by atoms with van der Waals surface area (Å²) in [5.41, 5.74) is 1.03. The fraction of sp³-hybridized carbons (Fsp3) is 0.667. The summed E-state index contributed by atoms with van der Waals surface area (Å²) < 4.78 is 0. The summed E-state index contributed by atoms with van der Waals surface area (Å²) in [5.74, 6) is 1.33. The third kappa shape index (κ3) is 2.50. The van der Waals surface area contributed by atoms with Crippen molar-refractivity contribution in [3.8, 4) is 0 Å². The number of aryl methyl sites for hydroxylation is 1. The third-order valence-corrected chi connectivity index (χ3v) is 3.17. The van der Waals surface area contributed by atoms with Crippen molar-refractivity contribution in [1.29, 1.82) is 0 Å². The minimum atomic E-state index is 0.275. The summed E-state index contributed by atoms with van der Waals surface area (Å²) in [6.45, 7) is 4.27. The van der Waals surface area contributed by atoms with E-state index in [9.17, 15) is 5.11 Å². The molecule has 16 heavy (non-hydrogen) atoms. The highest BCUT2D eigenvalue weighted by atomic mass is 16.3. The van der Waals surface area contributed by atoms with Gasteiger partial charge in [0.25, 0.3) is 0 Å². The van der Waals surface area contributed by atoms with Crippen molar-refractivity contribution >= 4 is 5.82 Å². The molecular weight excluding hydrogens is 202 g/mol. The summed E-state index contributed by atoms with van der Waals surface area (Å²) in [6.07, 6.45) is 3.17. The van der Waals surface area contributed by atoms with Crippen molar-refractivity contribution in [3.63, 3.8) is 0 Å². The number of hydrogen-bond donors (Lipinski definition) is 1. The highest BCUT2D eigenvalue weighted by molar-refractivity contribution is 5.37. The Morgan fingerprint density at radius 2 is 2.31 bits per heavy atom. The van der Waals surface area contributed by atoms with Crippen molar-refractivity contribution in [2.45, 2.75) is 26.2 Å². The molecule has 0 saturated carbocycles. The van der Waals surface area contributed by atoms with E-state index in [2.05, 4.69) is 22.0 Å². The van der Waals surface area contributed by atoms with E-state index in [-0.39, 0.29) is 6.61 Å². The Kier molecular flexibility index (Phi) is 3.72. The van der Waals surface area contributed by atoms with Crippen LogP contribution in [-0.2, 0) is 6.42 Å². The van der Waals surface area contributed by atoms with E-state index in [0.29, 0.717) is 5.92 Å². The van der Waals surface area contributed by atoms with Crippen molar-refractivity contribution in [1.82, 2.24) is 10.2 Å². The van der Waals surface area contributed by atoms with Gasteiger partial charge in [0.05, 0.1) is 5.69 Å². The number of aromatic nitrogens is 2. The van der Waals surface area contributed by atoms with Crippen LogP contribution in [-0.4, -0.2) is 35.0 Å². The van der Waals surface area contributed by atoms with E-state index in [1.807, 2.05) is 12.1 Å². The number of aliphatic hydroxyl groups is 1. The van der Waals surface area contributed by atoms with Crippen LogP contribution >= 0.6 is 0 Å². The lowest BCUT2D eigenvalue weighted by Gasteiger charge is -2.32. The van der Waals surface area contributed by atoms with Gasteiger partial charge in [-0.05, 0) is 37.3 Å². The van der Waals surface area contributed by atoms with Gasteiger partial charge in [-0.2, -0.15) is 5.10 Å². The van der Waals surface area contributed by atoms with E-state index in [1.54, 1.807) is 0 Å². The molecule has 0 aliphatic carbocycles. The van der Waals surface area contributed by atoms with Crippen LogP contribution in [0, 0.1) is 5.92 Å². The molecular formula is C12H19N3O. The molecule has 0 bridgehead atoms. The fourth-order valence-corrected chi connectivity index (χ4v) is 2.13. The maximum Gasteiger partial charge on any atom is 0.151 e. The fourth-order valence-electron chi connectivity index (χ4n) is 2.13. The zero-order chi connectivity index (χ0) is 11.4. The highest BCUT2D eigenvalue weighted by Gasteiger charge is 2.20. The largest absolute Gasteiger partial charge is 0.396 e. The van der Waals surface area contributed by atoms with E-state index in [1.165, 1.54) is 0 Å². The molecule has 1 saturated heterocycles. The molecule has 0 radical (unpaired) electrons. The molecule has 1 aromatic rings. The van der Waals surface area contributed by atoms with Crippen LogP contribution in [0.2, 0.25) is 0 Å². The molecule has 1 N–H and O–H groups in total. The first-order valence-electron chi connectivity index (χ1n) is 6.02. The van der Waals surface area contributed by atoms with Crippen LogP contribution in [0.25, 0.3) is 0 Å². The molecule has 4 heteroatoms. The second kappa shape index (κ2) is 5.25. The van der Waals surface area contributed by atoms with Crippen LogP contribution < -0.4 is 4.90 Å². The van der Waals surface area contributed by atoms with Gasteiger partial charge in [-0.15, -0.1) is 5.10 Å². The minimum Gasteiger partial charge on any atom is -0.396 e. The van der Waals surface area contributed by atoms with Gasteiger partial charge in [-0.25, -0.2) is 0 Å². The lowest BCUT2D eigenvalue weighted by molar-refractivity contribution is 0.208. The molecule has 0 amide bonds. The van der Waals surface area contributed by atoms with Gasteiger partial charge in [0, 0.05) is 19.7 Å². The van der Waals surface area contributed by atoms with E-state index in [0.717, 1.165) is 43.9 Å². The average molecular weight is 221 g/mol. The van der Waals surface area contributed by atoms with Gasteiger partial charge in [0.15, 0.2) is 5.82 Å². The van der Waals surface area contributed by atoms with Gasteiger partial charge in [0.1, 0.15) is 0 Å². The number of piperidine rings is 1. The molecule has 1 fully saturated rings.